The lowest BCUT2D eigenvalue weighted by molar-refractivity contribution is 0.0684. The van der Waals surface area contributed by atoms with E-state index in [2.05, 4.69) is 11.6 Å². The van der Waals surface area contributed by atoms with Crippen LogP contribution in [0.2, 0.25) is 0 Å². The predicted molar refractivity (Wildman–Crippen MR) is 48.7 cm³/mol. The van der Waals surface area contributed by atoms with Crippen LogP contribution in [0, 0.1) is 6.92 Å². The van der Waals surface area contributed by atoms with Gasteiger partial charge in [-0.3, -0.25) is 0 Å². The Kier molecular flexibility index (Phi) is 2.84. The van der Waals surface area contributed by atoms with Crippen molar-refractivity contribution in [2.45, 2.75) is 19.9 Å². The summed E-state index contributed by atoms with van der Waals surface area (Å²) in [6.07, 6.45) is 3.88. The maximum Gasteiger partial charge on any atom is 0.354 e. The second-order valence-electron chi connectivity index (χ2n) is 2.72. The number of hydrogen-bond donors (Lipinski definition) is 1. The molecule has 0 unspecified atom stereocenters. The summed E-state index contributed by atoms with van der Waals surface area (Å²) >= 11 is 0. The van der Waals surface area contributed by atoms with Crippen LogP contribution in [0.15, 0.2) is 18.9 Å². The molecule has 0 amide bonds. The zero-order valence-corrected chi connectivity index (χ0v) is 7.53. The first kappa shape index (κ1) is 9.51. The van der Waals surface area contributed by atoms with Gasteiger partial charge in [-0.25, -0.2) is 9.78 Å². The highest BCUT2D eigenvalue weighted by atomic mass is 16.4. The molecule has 0 spiro atoms. The molecule has 1 aromatic heterocycles. The highest BCUT2D eigenvalue weighted by Crippen LogP contribution is 2.05. The van der Waals surface area contributed by atoms with Crippen LogP contribution in [-0.2, 0) is 6.54 Å². The van der Waals surface area contributed by atoms with Gasteiger partial charge in [0.2, 0.25) is 0 Å². The van der Waals surface area contributed by atoms with Gasteiger partial charge in [0.1, 0.15) is 11.5 Å². The zero-order valence-electron chi connectivity index (χ0n) is 7.53. The Balaban J connectivity index is 2.94. The van der Waals surface area contributed by atoms with Crippen molar-refractivity contribution in [3.05, 3.63) is 30.4 Å². The van der Waals surface area contributed by atoms with Gasteiger partial charge in [-0.2, -0.15) is 0 Å². The summed E-state index contributed by atoms with van der Waals surface area (Å²) in [4.78, 5) is 14.7. The fourth-order valence-electron chi connectivity index (χ4n) is 1.14. The first-order valence-electron chi connectivity index (χ1n) is 4.03. The smallest absolute Gasteiger partial charge is 0.354 e. The van der Waals surface area contributed by atoms with Crippen molar-refractivity contribution >= 4 is 5.97 Å². The van der Waals surface area contributed by atoms with E-state index in [0.29, 0.717) is 6.54 Å². The molecule has 0 bridgehead atoms. The first-order chi connectivity index (χ1) is 6.16. The Bertz CT molecular complexity index is 328. The van der Waals surface area contributed by atoms with Crippen LogP contribution in [0.25, 0.3) is 0 Å². The third-order valence-electron chi connectivity index (χ3n) is 1.83. The van der Waals surface area contributed by atoms with Gasteiger partial charge >= 0.3 is 5.97 Å². The average molecular weight is 180 g/mol. The molecule has 1 heterocycles. The summed E-state index contributed by atoms with van der Waals surface area (Å²) < 4.78 is 1.67. The molecule has 4 nitrogen and oxygen atoms in total. The van der Waals surface area contributed by atoms with Crippen molar-refractivity contribution in [3.63, 3.8) is 0 Å². The number of aryl methyl sites for hydroxylation is 1. The van der Waals surface area contributed by atoms with Gasteiger partial charge in [0.05, 0.1) is 6.20 Å². The molecule has 0 aromatic carbocycles. The predicted octanol–water partition coefficient (Wildman–Crippen LogP) is 1.47. The number of aromatic nitrogens is 2. The number of aromatic carboxylic acids is 1. The summed E-state index contributed by atoms with van der Waals surface area (Å²) in [5, 5.41) is 8.79. The van der Waals surface area contributed by atoms with Crippen LogP contribution in [0.4, 0.5) is 0 Å². The van der Waals surface area contributed by atoms with Gasteiger partial charge in [-0.05, 0) is 13.3 Å². The molecule has 0 aliphatic carbocycles. The molecule has 1 N–H and O–H groups in total. The van der Waals surface area contributed by atoms with Gasteiger partial charge in [-0.15, -0.1) is 6.58 Å². The Labute approximate surface area is 76.5 Å². The van der Waals surface area contributed by atoms with Crippen LogP contribution in [0.3, 0.4) is 0 Å². The number of rotatable bonds is 4. The van der Waals surface area contributed by atoms with Crippen LogP contribution >= 0.6 is 0 Å². The summed E-state index contributed by atoms with van der Waals surface area (Å²) in [6.45, 7) is 5.99. The number of hydrogen-bond acceptors (Lipinski definition) is 2. The van der Waals surface area contributed by atoms with E-state index in [0.717, 1.165) is 12.2 Å². The maximum absolute atomic E-state index is 10.7. The van der Waals surface area contributed by atoms with Crippen LogP contribution in [-0.4, -0.2) is 20.6 Å². The van der Waals surface area contributed by atoms with E-state index in [1.807, 2.05) is 0 Å². The molecule has 13 heavy (non-hydrogen) atoms. The topological polar surface area (TPSA) is 55.1 Å². The molecule has 4 heteroatoms. The van der Waals surface area contributed by atoms with Crippen molar-refractivity contribution in [3.8, 4) is 0 Å². The molecule has 1 rings (SSSR count). The molecule has 0 aliphatic rings. The minimum atomic E-state index is -0.940. The lowest BCUT2D eigenvalue weighted by atomic mass is 10.4. The summed E-state index contributed by atoms with van der Waals surface area (Å²) in [7, 11) is 0. The number of carbonyl (C=O) groups is 1. The Morgan fingerprint density at radius 1 is 1.85 bits per heavy atom. The molecule has 1 aromatic rings. The van der Waals surface area contributed by atoms with E-state index in [9.17, 15) is 4.79 Å². The van der Waals surface area contributed by atoms with Crippen LogP contribution < -0.4 is 0 Å². The van der Waals surface area contributed by atoms with Crippen molar-refractivity contribution in [1.29, 1.82) is 0 Å². The lowest BCUT2D eigenvalue weighted by Gasteiger charge is -2.04. The molecule has 0 saturated carbocycles. The number of nitrogens with zero attached hydrogens (tertiary/aromatic N) is 2. The van der Waals surface area contributed by atoms with Crippen molar-refractivity contribution in [1.82, 2.24) is 9.55 Å². The van der Waals surface area contributed by atoms with Gasteiger partial charge in [0.15, 0.2) is 0 Å². The summed E-state index contributed by atoms with van der Waals surface area (Å²) in [5.41, 5.74) is 0.236. The van der Waals surface area contributed by atoms with Crippen molar-refractivity contribution in [2.24, 2.45) is 0 Å². The molecular weight excluding hydrogens is 168 g/mol. The first-order valence-corrected chi connectivity index (χ1v) is 4.03. The SMILES string of the molecule is C=CCCn1c(C(=O)O)cnc1C. The summed E-state index contributed by atoms with van der Waals surface area (Å²) in [5.74, 6) is -0.219. The lowest BCUT2D eigenvalue weighted by Crippen LogP contribution is -2.09. The minimum Gasteiger partial charge on any atom is -0.477 e. The van der Waals surface area contributed by atoms with Gasteiger partial charge in [0.25, 0.3) is 0 Å². The Morgan fingerprint density at radius 3 is 3.08 bits per heavy atom. The maximum atomic E-state index is 10.7. The van der Waals surface area contributed by atoms with Crippen molar-refractivity contribution in [2.75, 3.05) is 0 Å². The monoisotopic (exact) mass is 180 g/mol. The minimum absolute atomic E-state index is 0.236. The number of carboxylic acids is 1. The molecule has 0 saturated heterocycles. The van der Waals surface area contributed by atoms with E-state index in [4.69, 9.17) is 5.11 Å². The number of carboxylic acid groups (broad SMARTS) is 1. The fraction of sp³-hybridized carbons (Fsp3) is 0.333. The van der Waals surface area contributed by atoms with Gasteiger partial charge in [-0.1, -0.05) is 6.08 Å². The molecule has 70 valence electrons. The molecular formula is C9H12N2O2. The second kappa shape index (κ2) is 3.89. The third kappa shape index (κ3) is 1.96. The number of imidazole rings is 1. The quantitative estimate of drug-likeness (QED) is 0.714. The Morgan fingerprint density at radius 2 is 2.54 bits per heavy atom. The Hall–Kier alpha value is -1.58. The van der Waals surface area contributed by atoms with Crippen LogP contribution in [0.1, 0.15) is 22.7 Å². The largest absolute Gasteiger partial charge is 0.477 e. The zero-order chi connectivity index (χ0) is 9.84. The van der Waals surface area contributed by atoms with Gasteiger partial charge < -0.3 is 9.67 Å². The van der Waals surface area contributed by atoms with E-state index in [1.54, 1.807) is 17.6 Å². The normalized spacial score (nSPS) is 9.92. The summed E-state index contributed by atoms with van der Waals surface area (Å²) in [6, 6.07) is 0. The molecule has 0 atom stereocenters. The van der Waals surface area contributed by atoms with Crippen LogP contribution in [0.5, 0.6) is 0 Å². The third-order valence-corrected chi connectivity index (χ3v) is 1.83. The van der Waals surface area contributed by atoms with Crippen molar-refractivity contribution < 1.29 is 9.90 Å². The van der Waals surface area contributed by atoms with E-state index >= 15 is 0 Å². The fourth-order valence-corrected chi connectivity index (χ4v) is 1.14. The van der Waals surface area contributed by atoms with E-state index in [1.165, 1.54) is 6.20 Å². The highest BCUT2D eigenvalue weighted by Gasteiger charge is 2.11. The second-order valence-corrected chi connectivity index (χ2v) is 2.72. The molecule has 0 aliphatic heterocycles. The average Bonchev–Trinajstić information content (AvgIpc) is 2.43. The standard InChI is InChI=1S/C9H12N2O2/c1-3-4-5-11-7(2)10-6-8(11)9(12)13/h3,6H,1,4-5H2,2H3,(H,12,13). The molecule has 0 radical (unpaired) electrons. The molecule has 0 fully saturated rings. The van der Waals surface area contributed by atoms with Gasteiger partial charge in [0, 0.05) is 6.54 Å². The van der Waals surface area contributed by atoms with E-state index < -0.39 is 5.97 Å². The number of allylic oxidation sites excluding steroid dienone is 1. The highest BCUT2D eigenvalue weighted by molar-refractivity contribution is 5.85. The van der Waals surface area contributed by atoms with E-state index in [-0.39, 0.29) is 5.69 Å².